The van der Waals surface area contributed by atoms with E-state index in [2.05, 4.69) is 15.1 Å². The summed E-state index contributed by atoms with van der Waals surface area (Å²) in [5, 5.41) is 4.47. The van der Waals surface area contributed by atoms with Crippen LogP contribution in [0.2, 0.25) is 0 Å². The van der Waals surface area contributed by atoms with Crippen LogP contribution in [0.25, 0.3) is 11.0 Å². The van der Waals surface area contributed by atoms with Crippen molar-refractivity contribution in [1.82, 2.24) is 19.7 Å². The van der Waals surface area contributed by atoms with Gasteiger partial charge in [0, 0.05) is 12.5 Å². The van der Waals surface area contributed by atoms with Crippen molar-refractivity contribution in [2.75, 3.05) is 5.73 Å². The molecule has 7 heteroatoms. The highest BCUT2D eigenvalue weighted by atomic mass is 35.5. The largest absolute Gasteiger partial charge is 0.383 e. The fourth-order valence-corrected chi connectivity index (χ4v) is 1.48. The molecule has 0 unspecified atom stereocenters. The number of aryl methyl sites for hydroxylation is 1. The van der Waals surface area contributed by atoms with E-state index in [1.54, 1.807) is 7.05 Å². The zero-order chi connectivity index (χ0) is 12.1. The Kier molecular flexibility index (Phi) is 3.20. The van der Waals surface area contributed by atoms with E-state index in [9.17, 15) is 4.79 Å². The third-order valence-electron chi connectivity index (χ3n) is 2.46. The fourth-order valence-electron chi connectivity index (χ4n) is 1.48. The van der Waals surface area contributed by atoms with E-state index in [0.717, 1.165) is 0 Å². The summed E-state index contributed by atoms with van der Waals surface area (Å²) < 4.78 is 1.46. The Morgan fingerprint density at radius 3 is 2.47 bits per heavy atom. The molecule has 0 saturated carbocycles. The van der Waals surface area contributed by atoms with Gasteiger partial charge in [-0.1, -0.05) is 20.8 Å². The third-order valence-corrected chi connectivity index (χ3v) is 2.46. The van der Waals surface area contributed by atoms with Crippen LogP contribution in [-0.2, 0) is 12.5 Å². The third kappa shape index (κ3) is 2.12. The van der Waals surface area contributed by atoms with Crippen LogP contribution in [-0.4, -0.2) is 19.7 Å². The number of halogens is 1. The SMILES string of the molecule is Cl.Cn1nc2nc(C(C)(C)C)[nH]c(=O)c2c1N. The maximum atomic E-state index is 11.9. The molecule has 0 aliphatic heterocycles. The van der Waals surface area contributed by atoms with Crippen LogP contribution in [0.5, 0.6) is 0 Å². The molecule has 0 aliphatic carbocycles. The van der Waals surface area contributed by atoms with Gasteiger partial charge in [-0.15, -0.1) is 12.4 Å². The van der Waals surface area contributed by atoms with Gasteiger partial charge >= 0.3 is 0 Å². The van der Waals surface area contributed by atoms with Crippen LogP contribution in [0, 0.1) is 0 Å². The molecular formula is C10H16ClN5O. The van der Waals surface area contributed by atoms with Crippen LogP contribution in [0.15, 0.2) is 4.79 Å². The van der Waals surface area contributed by atoms with Crippen molar-refractivity contribution in [3.05, 3.63) is 16.2 Å². The van der Waals surface area contributed by atoms with Crippen molar-refractivity contribution in [2.45, 2.75) is 26.2 Å². The molecule has 17 heavy (non-hydrogen) atoms. The molecule has 2 heterocycles. The second kappa shape index (κ2) is 4.03. The number of nitrogen functional groups attached to an aromatic ring is 1. The van der Waals surface area contributed by atoms with Crippen LogP contribution >= 0.6 is 12.4 Å². The van der Waals surface area contributed by atoms with Crippen molar-refractivity contribution in [3.8, 4) is 0 Å². The van der Waals surface area contributed by atoms with Crippen LogP contribution in [0.4, 0.5) is 5.82 Å². The molecule has 0 radical (unpaired) electrons. The monoisotopic (exact) mass is 257 g/mol. The molecule has 2 aromatic heterocycles. The van der Waals surface area contributed by atoms with Crippen molar-refractivity contribution in [3.63, 3.8) is 0 Å². The smallest absolute Gasteiger partial charge is 0.264 e. The number of hydrogen-bond donors (Lipinski definition) is 2. The first kappa shape index (κ1) is 13.5. The molecule has 0 aliphatic rings. The molecule has 0 amide bonds. The highest BCUT2D eigenvalue weighted by Gasteiger charge is 2.20. The van der Waals surface area contributed by atoms with Gasteiger partial charge in [0.25, 0.3) is 5.56 Å². The van der Waals surface area contributed by atoms with Gasteiger partial charge in [0.2, 0.25) is 0 Å². The van der Waals surface area contributed by atoms with Crippen LogP contribution in [0.3, 0.4) is 0 Å². The molecule has 0 bridgehead atoms. The Morgan fingerprint density at radius 2 is 1.94 bits per heavy atom. The van der Waals surface area contributed by atoms with Crippen LogP contribution < -0.4 is 11.3 Å². The quantitative estimate of drug-likeness (QED) is 0.736. The van der Waals surface area contributed by atoms with Gasteiger partial charge in [-0.2, -0.15) is 5.10 Å². The first-order valence-electron chi connectivity index (χ1n) is 5.03. The first-order chi connectivity index (χ1) is 7.30. The maximum absolute atomic E-state index is 11.9. The number of H-pyrrole nitrogens is 1. The standard InChI is InChI=1S/C10H15N5O.ClH/c1-10(2,3)9-12-7-5(8(16)13-9)6(11)15(4)14-7;/h11H2,1-4H3,(H,12,13,14,16);1H. The number of aromatic amines is 1. The van der Waals surface area contributed by atoms with Crippen molar-refractivity contribution < 1.29 is 0 Å². The lowest BCUT2D eigenvalue weighted by Gasteiger charge is -2.16. The second-order valence-corrected chi connectivity index (χ2v) is 4.87. The number of nitrogens with two attached hydrogens (primary N) is 1. The number of rotatable bonds is 0. The van der Waals surface area contributed by atoms with Gasteiger partial charge in [0.05, 0.1) is 0 Å². The number of nitrogens with zero attached hydrogens (tertiary/aromatic N) is 3. The zero-order valence-electron chi connectivity index (χ0n) is 10.2. The summed E-state index contributed by atoms with van der Waals surface area (Å²) in [5.41, 5.74) is 5.68. The summed E-state index contributed by atoms with van der Waals surface area (Å²) in [6.45, 7) is 5.93. The Bertz CT molecular complexity index is 607. The Morgan fingerprint density at radius 1 is 1.35 bits per heavy atom. The number of nitrogens with one attached hydrogen (secondary N) is 1. The summed E-state index contributed by atoms with van der Waals surface area (Å²) in [6.07, 6.45) is 0. The minimum absolute atomic E-state index is 0. The number of anilines is 1. The lowest BCUT2D eigenvalue weighted by atomic mass is 9.96. The minimum Gasteiger partial charge on any atom is -0.383 e. The summed E-state index contributed by atoms with van der Waals surface area (Å²) in [7, 11) is 1.69. The minimum atomic E-state index is -0.236. The molecule has 2 aromatic rings. The highest BCUT2D eigenvalue weighted by molar-refractivity contribution is 5.85. The molecule has 94 valence electrons. The van der Waals surface area contributed by atoms with E-state index >= 15 is 0 Å². The Hall–Kier alpha value is -1.56. The molecule has 0 aromatic carbocycles. The summed E-state index contributed by atoms with van der Waals surface area (Å²) in [4.78, 5) is 18.9. The number of aromatic nitrogens is 4. The molecule has 2 rings (SSSR count). The van der Waals surface area contributed by atoms with Gasteiger partial charge in [-0.05, 0) is 0 Å². The average molecular weight is 258 g/mol. The topological polar surface area (TPSA) is 89.6 Å². The molecule has 0 saturated heterocycles. The summed E-state index contributed by atoms with van der Waals surface area (Å²) >= 11 is 0. The van der Waals surface area contributed by atoms with E-state index in [-0.39, 0.29) is 23.4 Å². The molecule has 3 N–H and O–H groups in total. The van der Waals surface area contributed by atoms with E-state index in [4.69, 9.17) is 5.73 Å². The van der Waals surface area contributed by atoms with Gasteiger partial charge in [-0.3, -0.25) is 9.48 Å². The molecule has 0 fully saturated rings. The molecule has 0 spiro atoms. The summed E-state index contributed by atoms with van der Waals surface area (Å²) in [6, 6.07) is 0. The maximum Gasteiger partial charge on any atom is 0.264 e. The number of hydrogen-bond acceptors (Lipinski definition) is 4. The van der Waals surface area contributed by atoms with E-state index in [1.165, 1.54) is 4.68 Å². The fraction of sp³-hybridized carbons (Fsp3) is 0.500. The summed E-state index contributed by atoms with van der Waals surface area (Å²) in [5.74, 6) is 0.951. The molecular weight excluding hydrogens is 242 g/mol. The predicted octanol–water partition coefficient (Wildman–Crippen LogP) is 0.958. The Balaban J connectivity index is 0.00000144. The molecule has 6 nitrogen and oxygen atoms in total. The van der Waals surface area contributed by atoms with Crippen molar-refractivity contribution >= 4 is 29.3 Å². The van der Waals surface area contributed by atoms with Gasteiger partial charge in [0.1, 0.15) is 17.0 Å². The predicted molar refractivity (Wildman–Crippen MR) is 69.5 cm³/mol. The Labute approximate surface area is 105 Å². The van der Waals surface area contributed by atoms with Crippen molar-refractivity contribution in [1.29, 1.82) is 0 Å². The van der Waals surface area contributed by atoms with E-state index < -0.39 is 0 Å². The van der Waals surface area contributed by atoms with E-state index in [0.29, 0.717) is 22.7 Å². The highest BCUT2D eigenvalue weighted by Crippen LogP contribution is 2.20. The van der Waals surface area contributed by atoms with Gasteiger partial charge < -0.3 is 10.7 Å². The second-order valence-electron chi connectivity index (χ2n) is 4.87. The first-order valence-corrected chi connectivity index (χ1v) is 5.03. The van der Waals surface area contributed by atoms with Gasteiger partial charge in [0.15, 0.2) is 5.65 Å². The zero-order valence-corrected chi connectivity index (χ0v) is 11.1. The van der Waals surface area contributed by atoms with Gasteiger partial charge in [-0.25, -0.2) is 4.98 Å². The lowest BCUT2D eigenvalue weighted by Crippen LogP contribution is -2.22. The van der Waals surface area contributed by atoms with Crippen molar-refractivity contribution in [2.24, 2.45) is 7.05 Å². The van der Waals surface area contributed by atoms with E-state index in [1.807, 2.05) is 20.8 Å². The normalized spacial score (nSPS) is 11.5. The average Bonchev–Trinajstić information content (AvgIpc) is 2.41. The molecule has 0 atom stereocenters. The lowest BCUT2D eigenvalue weighted by molar-refractivity contribution is 0.545. The van der Waals surface area contributed by atoms with Crippen LogP contribution in [0.1, 0.15) is 26.6 Å². The number of fused-ring (bicyclic) bond motifs is 1.